The average Bonchev–Trinajstić information content (AvgIpc) is 2.70. The molecular weight excluding hydrogens is 394 g/mol. The molecule has 2 amide bonds. The Labute approximate surface area is 177 Å². The van der Waals surface area contributed by atoms with Crippen LogP contribution in [0.2, 0.25) is 0 Å². The van der Waals surface area contributed by atoms with Crippen molar-refractivity contribution in [1.29, 1.82) is 0 Å². The lowest BCUT2D eigenvalue weighted by molar-refractivity contribution is -0.123. The highest BCUT2D eigenvalue weighted by Gasteiger charge is 2.09. The molecule has 0 unspecified atom stereocenters. The summed E-state index contributed by atoms with van der Waals surface area (Å²) in [7, 11) is 1.53. The van der Waals surface area contributed by atoms with Crippen LogP contribution in [0.4, 0.5) is 5.69 Å². The van der Waals surface area contributed by atoms with Crippen LogP contribution in [0.5, 0.6) is 11.5 Å². The molecule has 0 atom stereocenters. The smallest absolute Gasteiger partial charge is 0.257 e. The number of halogens is 1. The Morgan fingerprint density at radius 1 is 1.03 bits per heavy atom. The fourth-order valence-corrected chi connectivity index (χ4v) is 2.63. The predicted octanol–water partition coefficient (Wildman–Crippen LogP) is 2.46. The van der Waals surface area contributed by atoms with E-state index in [-0.39, 0.29) is 30.8 Å². The molecule has 158 valence electrons. The van der Waals surface area contributed by atoms with Crippen LogP contribution >= 0.6 is 12.4 Å². The van der Waals surface area contributed by atoms with E-state index in [0.717, 1.165) is 11.1 Å². The summed E-state index contributed by atoms with van der Waals surface area (Å²) in [5.74, 6) is 0.732. The van der Waals surface area contributed by atoms with Gasteiger partial charge in [-0.05, 0) is 42.7 Å². The van der Waals surface area contributed by atoms with Gasteiger partial charge in [-0.3, -0.25) is 9.59 Å². The first-order chi connectivity index (χ1) is 13.5. The fraction of sp³-hybridized carbons (Fsp3) is 0.333. The Morgan fingerprint density at radius 2 is 1.79 bits per heavy atom. The summed E-state index contributed by atoms with van der Waals surface area (Å²) in [6.45, 7) is 2.68. The van der Waals surface area contributed by atoms with E-state index in [4.69, 9.17) is 15.2 Å². The minimum Gasteiger partial charge on any atom is -0.493 e. The topological polar surface area (TPSA) is 103 Å². The highest BCUT2D eigenvalue weighted by atomic mass is 35.5. The number of nitrogens with one attached hydrogen (secondary N) is 2. The fourth-order valence-electron chi connectivity index (χ4n) is 2.63. The number of rotatable bonds is 10. The summed E-state index contributed by atoms with van der Waals surface area (Å²) in [4.78, 5) is 23.6. The van der Waals surface area contributed by atoms with Gasteiger partial charge in [0.1, 0.15) is 0 Å². The third-order valence-corrected chi connectivity index (χ3v) is 4.13. The van der Waals surface area contributed by atoms with Gasteiger partial charge < -0.3 is 25.8 Å². The van der Waals surface area contributed by atoms with Crippen LogP contribution in [0.15, 0.2) is 42.5 Å². The molecule has 0 saturated heterocycles. The molecule has 29 heavy (non-hydrogen) atoms. The van der Waals surface area contributed by atoms with Crippen molar-refractivity contribution >= 4 is 29.9 Å². The summed E-state index contributed by atoms with van der Waals surface area (Å²) >= 11 is 0. The summed E-state index contributed by atoms with van der Waals surface area (Å²) in [5.41, 5.74) is 8.43. The Balaban J connectivity index is 0.00000420. The maximum absolute atomic E-state index is 12.1. The number of hydrogen-bond acceptors (Lipinski definition) is 5. The maximum Gasteiger partial charge on any atom is 0.257 e. The minimum absolute atomic E-state index is 0. The number of hydrogen-bond donors (Lipinski definition) is 3. The average molecular weight is 422 g/mol. The number of para-hydroxylation sites is 1. The Morgan fingerprint density at radius 3 is 2.48 bits per heavy atom. The summed E-state index contributed by atoms with van der Waals surface area (Å²) in [5, 5.41) is 5.55. The Kier molecular flexibility index (Phi) is 10.4. The van der Waals surface area contributed by atoms with E-state index >= 15 is 0 Å². The van der Waals surface area contributed by atoms with Crippen molar-refractivity contribution in [3.05, 3.63) is 53.6 Å². The van der Waals surface area contributed by atoms with Gasteiger partial charge in [0.2, 0.25) is 5.91 Å². The number of nitrogens with two attached hydrogens (primary N) is 1. The highest BCUT2D eigenvalue weighted by Crippen LogP contribution is 2.28. The molecule has 0 fully saturated rings. The van der Waals surface area contributed by atoms with E-state index in [1.165, 1.54) is 7.11 Å². The van der Waals surface area contributed by atoms with Gasteiger partial charge in [0.05, 0.1) is 7.11 Å². The molecule has 0 bridgehead atoms. The maximum atomic E-state index is 12.1. The van der Waals surface area contributed by atoms with Gasteiger partial charge in [-0.2, -0.15) is 0 Å². The van der Waals surface area contributed by atoms with Crippen LogP contribution in [0.1, 0.15) is 24.5 Å². The third kappa shape index (κ3) is 7.91. The quantitative estimate of drug-likeness (QED) is 0.511. The molecule has 4 N–H and O–H groups in total. The molecule has 0 saturated carbocycles. The van der Waals surface area contributed by atoms with Crippen LogP contribution in [0.3, 0.4) is 0 Å². The molecule has 0 radical (unpaired) electrons. The molecule has 0 aliphatic heterocycles. The number of carbonyl (C=O) groups is 2. The van der Waals surface area contributed by atoms with Crippen molar-refractivity contribution in [2.45, 2.75) is 26.3 Å². The predicted molar refractivity (Wildman–Crippen MR) is 115 cm³/mol. The molecule has 8 heteroatoms. The minimum atomic E-state index is -0.194. The zero-order valence-corrected chi connectivity index (χ0v) is 17.5. The van der Waals surface area contributed by atoms with E-state index in [9.17, 15) is 9.59 Å². The lowest BCUT2D eigenvalue weighted by Crippen LogP contribution is -2.28. The number of aryl methyl sites for hydroxylation is 1. The lowest BCUT2D eigenvalue weighted by Gasteiger charge is -2.12. The van der Waals surface area contributed by atoms with Crippen molar-refractivity contribution in [3.8, 4) is 11.5 Å². The Bertz CT molecular complexity index is 814. The molecule has 0 aliphatic rings. The highest BCUT2D eigenvalue weighted by molar-refractivity contribution is 5.85. The number of ether oxygens (including phenoxy) is 2. The largest absolute Gasteiger partial charge is 0.493 e. The first-order valence-electron chi connectivity index (χ1n) is 9.20. The van der Waals surface area contributed by atoms with Gasteiger partial charge in [0.15, 0.2) is 18.1 Å². The molecule has 2 aromatic carbocycles. The van der Waals surface area contributed by atoms with E-state index in [2.05, 4.69) is 10.6 Å². The second-order valence-corrected chi connectivity index (χ2v) is 6.20. The molecule has 7 nitrogen and oxygen atoms in total. The van der Waals surface area contributed by atoms with E-state index in [0.29, 0.717) is 43.1 Å². The van der Waals surface area contributed by atoms with E-state index in [1.807, 2.05) is 37.3 Å². The molecule has 0 heterocycles. The Hall–Kier alpha value is -2.93. The van der Waals surface area contributed by atoms with Crippen LogP contribution < -0.4 is 25.8 Å². The number of nitrogen functional groups attached to an aromatic ring is 1. The van der Waals surface area contributed by atoms with Crippen molar-refractivity contribution in [2.75, 3.05) is 26.0 Å². The second kappa shape index (κ2) is 12.5. The standard InChI is InChI=1S/C21H27N3O4.ClH/c1-3-23-21(26)14-28-18-10-8-15(12-19(18)27-2)13-24-20(25)11-9-16-6-4-5-7-17(16)22;/h4-8,10,12H,3,9,11,13-14,22H2,1-2H3,(H,23,26)(H,24,25);1H. The van der Waals surface area contributed by atoms with Gasteiger partial charge in [-0.15, -0.1) is 12.4 Å². The molecule has 0 aliphatic carbocycles. The number of methoxy groups -OCH3 is 1. The summed E-state index contributed by atoms with van der Waals surface area (Å²) < 4.78 is 10.8. The normalized spacial score (nSPS) is 9.86. The third-order valence-electron chi connectivity index (χ3n) is 4.13. The number of likely N-dealkylation sites (N-methyl/N-ethyl adjacent to an activating group) is 1. The van der Waals surface area contributed by atoms with Gasteiger partial charge in [-0.25, -0.2) is 0 Å². The number of carbonyl (C=O) groups excluding carboxylic acids is 2. The number of anilines is 1. The molecule has 2 rings (SSSR count). The van der Waals surface area contributed by atoms with E-state index in [1.54, 1.807) is 12.1 Å². The number of amides is 2. The van der Waals surface area contributed by atoms with Crippen molar-refractivity contribution < 1.29 is 19.1 Å². The first-order valence-corrected chi connectivity index (χ1v) is 9.20. The zero-order valence-electron chi connectivity index (χ0n) is 16.7. The number of benzene rings is 2. The van der Waals surface area contributed by atoms with Crippen molar-refractivity contribution in [2.24, 2.45) is 0 Å². The van der Waals surface area contributed by atoms with Gasteiger partial charge >= 0.3 is 0 Å². The molecule has 2 aromatic rings. The second-order valence-electron chi connectivity index (χ2n) is 6.20. The molecular formula is C21H28ClN3O4. The van der Waals surface area contributed by atoms with Gasteiger partial charge in [-0.1, -0.05) is 24.3 Å². The van der Waals surface area contributed by atoms with Gasteiger partial charge in [0, 0.05) is 25.2 Å². The van der Waals surface area contributed by atoms with Crippen LogP contribution in [-0.2, 0) is 22.6 Å². The van der Waals surface area contributed by atoms with Crippen molar-refractivity contribution in [3.63, 3.8) is 0 Å². The molecule has 0 spiro atoms. The first kappa shape index (κ1) is 24.1. The summed E-state index contributed by atoms with van der Waals surface area (Å²) in [6, 6.07) is 12.9. The zero-order chi connectivity index (χ0) is 20.4. The van der Waals surface area contributed by atoms with Crippen LogP contribution in [0, 0.1) is 0 Å². The van der Waals surface area contributed by atoms with E-state index < -0.39 is 0 Å². The summed E-state index contributed by atoms with van der Waals surface area (Å²) in [6.07, 6.45) is 0.952. The SMILES string of the molecule is CCNC(=O)COc1ccc(CNC(=O)CCc2ccccc2N)cc1OC.Cl. The lowest BCUT2D eigenvalue weighted by atomic mass is 10.1. The van der Waals surface area contributed by atoms with Crippen LogP contribution in [0.25, 0.3) is 0 Å². The molecule has 0 aromatic heterocycles. The van der Waals surface area contributed by atoms with Gasteiger partial charge in [0.25, 0.3) is 5.91 Å². The monoisotopic (exact) mass is 421 g/mol. The van der Waals surface area contributed by atoms with Crippen LogP contribution in [-0.4, -0.2) is 32.1 Å². The van der Waals surface area contributed by atoms with Crippen molar-refractivity contribution in [1.82, 2.24) is 10.6 Å².